The molecule has 1 amide bonds. The molecule has 0 saturated carbocycles. The molecule has 0 heterocycles. The third-order valence-corrected chi connectivity index (χ3v) is 2.74. The number of carboxylic acid groups (broad SMARTS) is 1. The summed E-state index contributed by atoms with van der Waals surface area (Å²) in [6.45, 7) is 1.39. The van der Waals surface area contributed by atoms with Gasteiger partial charge in [-0.3, -0.25) is 4.79 Å². The molecular formula is C15H15N3O3. The molecule has 0 radical (unpaired) electrons. The van der Waals surface area contributed by atoms with E-state index in [1.54, 1.807) is 30.3 Å². The number of amides is 1. The number of benzene rings is 2. The van der Waals surface area contributed by atoms with Crippen LogP contribution in [0.4, 0.5) is 22.7 Å². The lowest BCUT2D eigenvalue weighted by Gasteiger charge is -2.12. The maximum Gasteiger partial charge on any atom is 0.337 e. The zero-order valence-corrected chi connectivity index (χ0v) is 11.4. The molecule has 2 aromatic rings. The molecule has 5 N–H and O–H groups in total. The zero-order valence-electron chi connectivity index (χ0n) is 11.4. The van der Waals surface area contributed by atoms with Crippen LogP contribution < -0.4 is 16.4 Å². The van der Waals surface area contributed by atoms with Crippen molar-refractivity contribution in [3.63, 3.8) is 0 Å². The zero-order chi connectivity index (χ0) is 15.4. The number of nitrogen functional groups attached to an aromatic ring is 1. The van der Waals surface area contributed by atoms with E-state index >= 15 is 0 Å². The Bertz CT molecular complexity index is 698. The van der Waals surface area contributed by atoms with Crippen molar-refractivity contribution in [1.82, 2.24) is 0 Å². The van der Waals surface area contributed by atoms with Gasteiger partial charge in [-0.1, -0.05) is 6.07 Å². The molecule has 108 valence electrons. The maximum atomic E-state index is 11.3. The van der Waals surface area contributed by atoms with E-state index in [4.69, 9.17) is 5.73 Å². The summed E-state index contributed by atoms with van der Waals surface area (Å²) in [4.78, 5) is 22.3. The Balaban J connectivity index is 2.38. The standard InChI is InChI=1S/C15H15N3O3/c1-9(19)17-12-5-6-13(15(20)21)14(8-12)18-11-4-2-3-10(16)7-11/h2-8,18H,16H2,1H3,(H,17,19)(H,20,21). The van der Waals surface area contributed by atoms with Crippen molar-refractivity contribution in [2.75, 3.05) is 16.4 Å². The van der Waals surface area contributed by atoms with E-state index in [1.165, 1.54) is 19.1 Å². The van der Waals surface area contributed by atoms with Gasteiger partial charge in [-0.2, -0.15) is 0 Å². The quantitative estimate of drug-likeness (QED) is 0.646. The molecule has 0 spiro atoms. The predicted molar refractivity (Wildman–Crippen MR) is 81.8 cm³/mol. The number of carboxylic acids is 1. The van der Waals surface area contributed by atoms with Gasteiger partial charge < -0.3 is 21.5 Å². The highest BCUT2D eigenvalue weighted by molar-refractivity contribution is 5.97. The number of carbonyl (C=O) groups is 2. The minimum absolute atomic E-state index is 0.103. The second-order valence-electron chi connectivity index (χ2n) is 4.50. The fourth-order valence-electron chi connectivity index (χ4n) is 1.89. The molecule has 21 heavy (non-hydrogen) atoms. The fraction of sp³-hybridized carbons (Fsp3) is 0.0667. The van der Waals surface area contributed by atoms with Gasteiger partial charge >= 0.3 is 5.97 Å². The summed E-state index contributed by atoms with van der Waals surface area (Å²) in [5.74, 6) is -1.29. The van der Waals surface area contributed by atoms with Crippen LogP contribution in [0.15, 0.2) is 42.5 Å². The van der Waals surface area contributed by atoms with Gasteiger partial charge in [0.2, 0.25) is 5.91 Å². The minimum Gasteiger partial charge on any atom is -0.478 e. The summed E-state index contributed by atoms with van der Waals surface area (Å²) in [7, 11) is 0. The summed E-state index contributed by atoms with van der Waals surface area (Å²) in [6.07, 6.45) is 0. The molecule has 6 heteroatoms. The number of anilines is 4. The molecule has 0 aliphatic heterocycles. The number of aromatic carboxylic acids is 1. The highest BCUT2D eigenvalue weighted by atomic mass is 16.4. The van der Waals surface area contributed by atoms with Crippen molar-refractivity contribution >= 4 is 34.6 Å². The van der Waals surface area contributed by atoms with Crippen LogP contribution >= 0.6 is 0 Å². The molecule has 0 unspecified atom stereocenters. The lowest BCUT2D eigenvalue weighted by molar-refractivity contribution is -0.114. The van der Waals surface area contributed by atoms with E-state index in [2.05, 4.69) is 10.6 Å². The Morgan fingerprint density at radius 1 is 1.10 bits per heavy atom. The summed E-state index contributed by atoms with van der Waals surface area (Å²) < 4.78 is 0. The number of carbonyl (C=O) groups excluding carboxylic acids is 1. The first-order valence-corrected chi connectivity index (χ1v) is 6.23. The first kappa shape index (κ1) is 14.4. The first-order chi connectivity index (χ1) is 9.95. The van der Waals surface area contributed by atoms with Crippen LogP contribution in [-0.2, 0) is 4.79 Å². The van der Waals surface area contributed by atoms with Gasteiger partial charge in [-0.15, -0.1) is 0 Å². The summed E-state index contributed by atoms with van der Waals surface area (Å²) in [5.41, 5.74) is 7.91. The second-order valence-corrected chi connectivity index (χ2v) is 4.50. The monoisotopic (exact) mass is 285 g/mol. The number of hydrogen-bond donors (Lipinski definition) is 4. The van der Waals surface area contributed by atoms with Crippen LogP contribution in [0.3, 0.4) is 0 Å². The van der Waals surface area contributed by atoms with Gasteiger partial charge in [-0.05, 0) is 36.4 Å². The van der Waals surface area contributed by atoms with Crippen molar-refractivity contribution in [3.8, 4) is 0 Å². The van der Waals surface area contributed by atoms with Crippen molar-refractivity contribution in [3.05, 3.63) is 48.0 Å². The van der Waals surface area contributed by atoms with Gasteiger partial charge in [0, 0.05) is 24.0 Å². The lowest BCUT2D eigenvalue weighted by atomic mass is 10.1. The average Bonchev–Trinajstić information content (AvgIpc) is 2.37. The van der Waals surface area contributed by atoms with Gasteiger partial charge in [0.1, 0.15) is 0 Å². The molecular weight excluding hydrogens is 270 g/mol. The Kier molecular flexibility index (Phi) is 4.08. The fourth-order valence-corrected chi connectivity index (χ4v) is 1.89. The number of nitrogens with one attached hydrogen (secondary N) is 2. The van der Waals surface area contributed by atoms with E-state index in [1.807, 2.05) is 0 Å². The minimum atomic E-state index is -1.06. The first-order valence-electron chi connectivity index (χ1n) is 6.23. The van der Waals surface area contributed by atoms with E-state index in [-0.39, 0.29) is 11.5 Å². The molecule has 2 aromatic carbocycles. The van der Waals surface area contributed by atoms with Gasteiger partial charge in [-0.25, -0.2) is 4.79 Å². The highest BCUT2D eigenvalue weighted by Gasteiger charge is 2.11. The van der Waals surface area contributed by atoms with Crippen molar-refractivity contribution in [1.29, 1.82) is 0 Å². The van der Waals surface area contributed by atoms with E-state index in [9.17, 15) is 14.7 Å². The maximum absolute atomic E-state index is 11.3. The Morgan fingerprint density at radius 3 is 2.48 bits per heavy atom. The van der Waals surface area contributed by atoms with Gasteiger partial charge in [0.15, 0.2) is 0 Å². The summed E-state index contributed by atoms with van der Waals surface area (Å²) in [5, 5.41) is 14.8. The normalized spacial score (nSPS) is 9.95. The molecule has 2 rings (SSSR count). The SMILES string of the molecule is CC(=O)Nc1ccc(C(=O)O)c(Nc2cccc(N)c2)c1. The highest BCUT2D eigenvalue weighted by Crippen LogP contribution is 2.25. The summed E-state index contributed by atoms with van der Waals surface area (Å²) >= 11 is 0. The molecule has 0 aromatic heterocycles. The van der Waals surface area contributed by atoms with Crippen molar-refractivity contribution in [2.24, 2.45) is 0 Å². The van der Waals surface area contributed by atoms with Gasteiger partial charge in [0.05, 0.1) is 11.3 Å². The van der Waals surface area contributed by atoms with E-state index in [0.717, 1.165) is 0 Å². The molecule has 0 atom stereocenters. The second kappa shape index (κ2) is 5.96. The Labute approximate surface area is 121 Å². The molecule has 0 bridgehead atoms. The van der Waals surface area contributed by atoms with Crippen LogP contribution in [-0.4, -0.2) is 17.0 Å². The van der Waals surface area contributed by atoms with Crippen LogP contribution in [0.2, 0.25) is 0 Å². The smallest absolute Gasteiger partial charge is 0.337 e. The Morgan fingerprint density at radius 2 is 1.86 bits per heavy atom. The third kappa shape index (κ3) is 3.73. The molecule has 0 fully saturated rings. The molecule has 6 nitrogen and oxygen atoms in total. The van der Waals surface area contributed by atoms with Crippen LogP contribution in [0, 0.1) is 0 Å². The number of rotatable bonds is 4. The topological polar surface area (TPSA) is 104 Å². The molecule has 0 saturated heterocycles. The van der Waals surface area contributed by atoms with E-state index in [0.29, 0.717) is 22.7 Å². The average molecular weight is 285 g/mol. The van der Waals surface area contributed by atoms with Crippen LogP contribution in [0.1, 0.15) is 17.3 Å². The third-order valence-electron chi connectivity index (χ3n) is 2.74. The lowest BCUT2D eigenvalue weighted by Crippen LogP contribution is -2.08. The molecule has 0 aliphatic rings. The number of hydrogen-bond acceptors (Lipinski definition) is 4. The van der Waals surface area contributed by atoms with Crippen LogP contribution in [0.25, 0.3) is 0 Å². The Hall–Kier alpha value is -3.02. The van der Waals surface area contributed by atoms with Crippen molar-refractivity contribution < 1.29 is 14.7 Å². The van der Waals surface area contributed by atoms with Crippen molar-refractivity contribution in [2.45, 2.75) is 6.92 Å². The predicted octanol–water partition coefficient (Wildman–Crippen LogP) is 2.67. The van der Waals surface area contributed by atoms with E-state index < -0.39 is 5.97 Å². The summed E-state index contributed by atoms with van der Waals surface area (Å²) in [6, 6.07) is 11.5. The van der Waals surface area contributed by atoms with Crippen LogP contribution in [0.5, 0.6) is 0 Å². The number of nitrogens with two attached hydrogens (primary N) is 1. The molecule has 0 aliphatic carbocycles. The van der Waals surface area contributed by atoms with Gasteiger partial charge in [0.25, 0.3) is 0 Å². The largest absolute Gasteiger partial charge is 0.478 e.